The first-order chi connectivity index (χ1) is 16.3. The predicted molar refractivity (Wildman–Crippen MR) is 132 cm³/mol. The lowest BCUT2D eigenvalue weighted by Gasteiger charge is -2.36. The second kappa shape index (κ2) is 8.19. The summed E-state index contributed by atoms with van der Waals surface area (Å²) in [5, 5.41) is 10.3. The summed E-state index contributed by atoms with van der Waals surface area (Å²) in [6, 6.07) is 11.2. The van der Waals surface area contributed by atoms with E-state index in [1.807, 2.05) is 0 Å². The number of H-pyrrole nitrogens is 1. The first kappa shape index (κ1) is 22.3. The molecule has 6 nitrogen and oxygen atoms in total. The number of aromatic amines is 1. The van der Waals surface area contributed by atoms with Crippen molar-refractivity contribution in [2.24, 2.45) is 0 Å². The Bertz CT molecular complexity index is 1350. The summed E-state index contributed by atoms with van der Waals surface area (Å²) in [5.74, 6) is 1.31. The molecule has 2 N–H and O–H groups in total. The maximum atomic E-state index is 13.6. The van der Waals surface area contributed by atoms with E-state index in [1.54, 1.807) is 28.7 Å². The standard InChI is InChI=1S/C26H28ClN3O3S/c1-15-10-17(4-8-22(15)16-2-3-16)24-14-28-26(29-24)18-5-9-23(27)25(11-18)34(32,33)30-19-6-7-20(30)13-21(31)12-19/h4-5,8-11,14,16,19-21,31H,2-3,6-7,12-13H2,1H3,(H,28,29)/t19-,20?,21?/m1/s1. The van der Waals surface area contributed by atoms with E-state index in [4.69, 9.17) is 11.6 Å². The Hall–Kier alpha value is -2.19. The minimum absolute atomic E-state index is 0.0996. The number of aryl methyl sites for hydroxylation is 1. The Balaban J connectivity index is 1.32. The van der Waals surface area contributed by atoms with Gasteiger partial charge in [0.2, 0.25) is 10.0 Å². The zero-order chi connectivity index (χ0) is 23.6. The largest absolute Gasteiger partial charge is 0.393 e. The van der Waals surface area contributed by atoms with Gasteiger partial charge in [-0.1, -0.05) is 23.7 Å². The number of benzene rings is 2. The number of aromatic nitrogens is 2. The van der Waals surface area contributed by atoms with Gasteiger partial charge in [0.15, 0.2) is 0 Å². The van der Waals surface area contributed by atoms with Crippen molar-refractivity contribution in [3.8, 4) is 22.6 Å². The van der Waals surface area contributed by atoms with Crippen molar-refractivity contribution in [1.82, 2.24) is 14.3 Å². The van der Waals surface area contributed by atoms with Gasteiger partial charge in [-0.25, -0.2) is 13.4 Å². The van der Waals surface area contributed by atoms with E-state index in [9.17, 15) is 13.5 Å². The van der Waals surface area contributed by atoms with Crippen LogP contribution in [-0.4, -0.2) is 46.0 Å². The number of nitrogens with one attached hydrogen (secondary N) is 1. The molecule has 178 valence electrons. The number of piperidine rings is 1. The Morgan fingerprint density at radius 1 is 1.03 bits per heavy atom. The SMILES string of the molecule is Cc1cc(-c2cnc(-c3ccc(Cl)c(S(=O)(=O)N4C5CC[C@@H]4CC(O)C5)c3)[nH]2)ccc1C1CC1. The van der Waals surface area contributed by atoms with E-state index in [0.717, 1.165) is 24.1 Å². The molecular weight excluding hydrogens is 470 g/mol. The Kier molecular flexibility index (Phi) is 5.37. The molecule has 6 rings (SSSR count). The first-order valence-electron chi connectivity index (χ1n) is 12.0. The second-order valence-corrected chi connectivity index (χ2v) is 12.2. The molecule has 3 atom stereocenters. The molecule has 1 aromatic heterocycles. The average molecular weight is 498 g/mol. The fraction of sp³-hybridized carbons (Fsp3) is 0.423. The third-order valence-corrected chi connectivity index (χ3v) is 10.1. The van der Waals surface area contributed by atoms with Gasteiger partial charge >= 0.3 is 0 Å². The number of sulfonamides is 1. The molecule has 2 saturated heterocycles. The molecular formula is C26H28ClN3O3S. The molecule has 1 aliphatic carbocycles. The summed E-state index contributed by atoms with van der Waals surface area (Å²) in [5.41, 5.74) is 5.34. The highest BCUT2D eigenvalue weighted by Gasteiger charge is 2.47. The van der Waals surface area contributed by atoms with Crippen molar-refractivity contribution in [3.63, 3.8) is 0 Å². The van der Waals surface area contributed by atoms with Crippen LogP contribution in [0.2, 0.25) is 5.02 Å². The highest BCUT2D eigenvalue weighted by atomic mass is 35.5. The monoisotopic (exact) mass is 497 g/mol. The number of halogens is 1. The van der Waals surface area contributed by atoms with Gasteiger partial charge in [-0.15, -0.1) is 0 Å². The average Bonchev–Trinajstić information content (AvgIpc) is 3.44. The fourth-order valence-corrected chi connectivity index (χ4v) is 8.17. The van der Waals surface area contributed by atoms with E-state index in [-0.39, 0.29) is 22.0 Å². The Morgan fingerprint density at radius 2 is 1.74 bits per heavy atom. The van der Waals surface area contributed by atoms with Gasteiger partial charge in [0.05, 0.1) is 23.0 Å². The van der Waals surface area contributed by atoms with Crippen LogP contribution >= 0.6 is 11.6 Å². The number of imidazole rings is 1. The summed E-state index contributed by atoms with van der Waals surface area (Å²) in [6.45, 7) is 2.15. The van der Waals surface area contributed by atoms with Crippen LogP contribution in [0.15, 0.2) is 47.5 Å². The first-order valence-corrected chi connectivity index (χ1v) is 13.8. The summed E-state index contributed by atoms with van der Waals surface area (Å²) < 4.78 is 28.9. The van der Waals surface area contributed by atoms with E-state index < -0.39 is 16.1 Å². The van der Waals surface area contributed by atoms with Gasteiger partial charge < -0.3 is 10.1 Å². The molecule has 0 spiro atoms. The van der Waals surface area contributed by atoms with Crippen LogP contribution in [-0.2, 0) is 10.0 Å². The van der Waals surface area contributed by atoms with Crippen molar-refractivity contribution in [1.29, 1.82) is 0 Å². The van der Waals surface area contributed by atoms with Gasteiger partial charge in [0.1, 0.15) is 10.7 Å². The van der Waals surface area contributed by atoms with Crippen molar-refractivity contribution in [2.75, 3.05) is 0 Å². The number of hydrogen-bond donors (Lipinski definition) is 2. The number of aliphatic hydroxyl groups excluding tert-OH is 1. The third-order valence-electron chi connectivity index (χ3n) is 7.58. The molecule has 0 amide bonds. The van der Waals surface area contributed by atoms with Crippen LogP contribution in [0, 0.1) is 6.92 Å². The highest BCUT2D eigenvalue weighted by molar-refractivity contribution is 7.89. The maximum absolute atomic E-state index is 13.6. The molecule has 2 unspecified atom stereocenters. The minimum Gasteiger partial charge on any atom is -0.393 e. The quantitative estimate of drug-likeness (QED) is 0.503. The van der Waals surface area contributed by atoms with Crippen LogP contribution in [0.5, 0.6) is 0 Å². The molecule has 3 heterocycles. The highest BCUT2D eigenvalue weighted by Crippen LogP contribution is 2.43. The van der Waals surface area contributed by atoms with Gasteiger partial charge in [-0.2, -0.15) is 4.31 Å². The zero-order valence-electron chi connectivity index (χ0n) is 19.0. The van der Waals surface area contributed by atoms with Crippen LogP contribution in [0.1, 0.15) is 55.6 Å². The molecule has 34 heavy (non-hydrogen) atoms. The summed E-state index contributed by atoms with van der Waals surface area (Å²) >= 11 is 6.41. The number of fused-ring (bicyclic) bond motifs is 2. The van der Waals surface area contributed by atoms with E-state index in [1.165, 1.54) is 24.0 Å². The van der Waals surface area contributed by atoms with Crippen molar-refractivity contribution in [3.05, 3.63) is 58.7 Å². The zero-order valence-corrected chi connectivity index (χ0v) is 20.6. The number of hydrogen-bond acceptors (Lipinski definition) is 4. The smallest absolute Gasteiger partial charge is 0.245 e. The molecule has 1 saturated carbocycles. The summed E-state index contributed by atoms with van der Waals surface area (Å²) in [7, 11) is -3.79. The van der Waals surface area contributed by atoms with Crippen molar-refractivity contribution >= 4 is 21.6 Å². The molecule has 8 heteroatoms. The van der Waals surface area contributed by atoms with E-state index >= 15 is 0 Å². The van der Waals surface area contributed by atoms with Crippen LogP contribution in [0.4, 0.5) is 0 Å². The topological polar surface area (TPSA) is 86.3 Å². The number of aliphatic hydroxyl groups is 1. The van der Waals surface area contributed by atoms with E-state index in [0.29, 0.717) is 30.1 Å². The lowest BCUT2D eigenvalue weighted by molar-refractivity contribution is 0.0769. The molecule has 2 aliphatic heterocycles. The molecule has 3 fully saturated rings. The molecule has 3 aliphatic rings. The maximum Gasteiger partial charge on any atom is 0.245 e. The van der Waals surface area contributed by atoms with Gasteiger partial charge in [0.25, 0.3) is 0 Å². The van der Waals surface area contributed by atoms with Crippen molar-refractivity contribution in [2.45, 2.75) is 74.4 Å². The van der Waals surface area contributed by atoms with Crippen LogP contribution in [0.3, 0.4) is 0 Å². The lowest BCUT2D eigenvalue weighted by atomic mass is 10.0. The second-order valence-electron chi connectivity index (χ2n) is 9.98. The predicted octanol–water partition coefficient (Wildman–Crippen LogP) is 5.26. The molecule has 2 aromatic carbocycles. The van der Waals surface area contributed by atoms with Gasteiger partial charge in [0, 0.05) is 17.6 Å². The number of nitrogens with zero attached hydrogens (tertiary/aromatic N) is 2. The van der Waals surface area contributed by atoms with Crippen molar-refractivity contribution < 1.29 is 13.5 Å². The molecule has 3 aromatic rings. The van der Waals surface area contributed by atoms with Crippen LogP contribution < -0.4 is 0 Å². The molecule has 0 radical (unpaired) electrons. The fourth-order valence-electron chi connectivity index (χ4n) is 5.77. The minimum atomic E-state index is -3.79. The third kappa shape index (κ3) is 3.79. The Labute approximate surface area is 205 Å². The lowest BCUT2D eigenvalue weighted by Crippen LogP contribution is -2.47. The molecule has 2 bridgehead atoms. The van der Waals surface area contributed by atoms with Gasteiger partial charge in [-0.05, 0) is 92.3 Å². The van der Waals surface area contributed by atoms with Crippen LogP contribution in [0.25, 0.3) is 22.6 Å². The van der Waals surface area contributed by atoms with Gasteiger partial charge in [-0.3, -0.25) is 0 Å². The summed E-state index contributed by atoms with van der Waals surface area (Å²) in [6.07, 6.45) is 6.41. The summed E-state index contributed by atoms with van der Waals surface area (Å²) in [4.78, 5) is 7.99. The van der Waals surface area contributed by atoms with E-state index in [2.05, 4.69) is 35.1 Å². The Morgan fingerprint density at radius 3 is 2.41 bits per heavy atom. The number of rotatable bonds is 5. The normalized spacial score (nSPS) is 25.1.